The summed E-state index contributed by atoms with van der Waals surface area (Å²) in [6, 6.07) is 4.36. The second-order valence-electron chi connectivity index (χ2n) is 6.54. The van der Waals surface area contributed by atoms with Gasteiger partial charge in [-0.3, -0.25) is 4.79 Å². The Labute approximate surface area is 152 Å². The number of carbonyl (C=O) groups excluding carboxylic acids is 1. The Morgan fingerprint density at radius 2 is 2.16 bits per heavy atom. The molecule has 0 atom stereocenters. The van der Waals surface area contributed by atoms with Crippen molar-refractivity contribution in [3.63, 3.8) is 0 Å². The van der Waals surface area contributed by atoms with Gasteiger partial charge in [-0.15, -0.1) is 12.4 Å². The first kappa shape index (κ1) is 19.7. The summed E-state index contributed by atoms with van der Waals surface area (Å²) in [5.41, 5.74) is 1.23. The van der Waals surface area contributed by atoms with E-state index in [1.807, 2.05) is 0 Å². The van der Waals surface area contributed by atoms with Crippen LogP contribution in [-0.4, -0.2) is 39.3 Å². The van der Waals surface area contributed by atoms with Gasteiger partial charge in [-0.1, -0.05) is 0 Å². The molecule has 1 fully saturated rings. The molecule has 1 aliphatic heterocycles. The van der Waals surface area contributed by atoms with Crippen molar-refractivity contribution in [1.82, 2.24) is 10.6 Å². The third kappa shape index (κ3) is 4.71. The van der Waals surface area contributed by atoms with E-state index < -0.39 is 0 Å². The van der Waals surface area contributed by atoms with Crippen LogP contribution >= 0.6 is 12.4 Å². The van der Waals surface area contributed by atoms with Gasteiger partial charge in [0.25, 0.3) is 0 Å². The molecule has 0 spiro atoms. The highest BCUT2D eigenvalue weighted by atomic mass is 35.5. The Kier molecular flexibility index (Phi) is 6.81. The van der Waals surface area contributed by atoms with E-state index in [4.69, 9.17) is 9.15 Å². The highest BCUT2D eigenvalue weighted by Gasteiger charge is 2.32. The van der Waals surface area contributed by atoms with Gasteiger partial charge in [0.1, 0.15) is 11.4 Å². The summed E-state index contributed by atoms with van der Waals surface area (Å²) in [6.45, 7) is 3.13. The number of carbonyl (C=O) groups is 1. The van der Waals surface area contributed by atoms with Crippen molar-refractivity contribution >= 4 is 29.3 Å². The van der Waals surface area contributed by atoms with E-state index in [0.29, 0.717) is 18.7 Å². The molecule has 2 aromatic rings. The summed E-state index contributed by atoms with van der Waals surface area (Å²) < 4.78 is 23.9. The Morgan fingerprint density at radius 3 is 2.88 bits per heavy atom. The molecule has 1 aliphatic rings. The van der Waals surface area contributed by atoms with Crippen molar-refractivity contribution in [2.75, 3.05) is 33.4 Å². The molecule has 0 radical (unpaired) electrons. The van der Waals surface area contributed by atoms with E-state index in [2.05, 4.69) is 10.6 Å². The molecule has 2 N–H and O–H groups in total. The number of amides is 1. The van der Waals surface area contributed by atoms with E-state index >= 15 is 0 Å². The summed E-state index contributed by atoms with van der Waals surface area (Å²) in [5, 5.41) is 7.14. The molecule has 0 unspecified atom stereocenters. The first-order chi connectivity index (χ1) is 11.6. The van der Waals surface area contributed by atoms with Crippen molar-refractivity contribution in [2.45, 2.75) is 19.3 Å². The zero-order valence-electron chi connectivity index (χ0n) is 14.3. The zero-order chi connectivity index (χ0) is 17.0. The summed E-state index contributed by atoms with van der Waals surface area (Å²) in [4.78, 5) is 12.3. The summed E-state index contributed by atoms with van der Waals surface area (Å²) in [6.07, 6.45) is 3.71. The van der Waals surface area contributed by atoms with Crippen molar-refractivity contribution in [2.24, 2.45) is 5.41 Å². The molecule has 5 nitrogen and oxygen atoms in total. The minimum Gasteiger partial charge on any atom is -0.464 e. The van der Waals surface area contributed by atoms with E-state index in [0.717, 1.165) is 36.9 Å². The standard InChI is InChI=1S/C18H23FN2O3.ClH/c1-23-12-18(4-6-20-7-5-18)11-21-17(22)8-13-10-24-16-9-14(19)2-3-15(13)16;/h2-3,9-10,20H,4-8,11-12H2,1H3,(H,21,22);1H. The van der Waals surface area contributed by atoms with Crippen LogP contribution in [0.1, 0.15) is 18.4 Å². The topological polar surface area (TPSA) is 63.5 Å². The van der Waals surface area contributed by atoms with Gasteiger partial charge >= 0.3 is 0 Å². The van der Waals surface area contributed by atoms with Crippen molar-refractivity contribution in [3.05, 3.63) is 35.8 Å². The fourth-order valence-electron chi connectivity index (χ4n) is 3.35. The number of halogens is 2. The number of fused-ring (bicyclic) bond motifs is 1. The normalized spacial score (nSPS) is 16.4. The number of hydrogen-bond acceptors (Lipinski definition) is 4. The first-order valence-corrected chi connectivity index (χ1v) is 8.24. The SMILES string of the molecule is COCC1(CNC(=O)Cc2coc3cc(F)ccc23)CCNCC1.Cl. The molecule has 0 aliphatic carbocycles. The molecule has 1 saturated heterocycles. The van der Waals surface area contributed by atoms with Crippen LogP contribution in [0.3, 0.4) is 0 Å². The van der Waals surface area contributed by atoms with Gasteiger partial charge in [0.15, 0.2) is 0 Å². The van der Waals surface area contributed by atoms with E-state index in [1.165, 1.54) is 18.4 Å². The van der Waals surface area contributed by atoms with Gasteiger partial charge in [0, 0.05) is 36.1 Å². The predicted octanol–water partition coefficient (Wildman–Crippen LogP) is 2.67. The van der Waals surface area contributed by atoms with E-state index in [-0.39, 0.29) is 36.0 Å². The largest absolute Gasteiger partial charge is 0.464 e. The highest BCUT2D eigenvalue weighted by molar-refractivity contribution is 5.87. The Morgan fingerprint density at radius 1 is 1.40 bits per heavy atom. The second kappa shape index (κ2) is 8.65. The number of furan rings is 1. The predicted molar refractivity (Wildman–Crippen MR) is 96.5 cm³/mol. The van der Waals surface area contributed by atoms with Crippen LogP contribution < -0.4 is 10.6 Å². The molecule has 3 rings (SSSR count). The third-order valence-electron chi connectivity index (χ3n) is 4.74. The minimum absolute atomic E-state index is 0. The number of ether oxygens (including phenoxy) is 1. The fraction of sp³-hybridized carbons (Fsp3) is 0.500. The van der Waals surface area contributed by atoms with Crippen LogP contribution in [0, 0.1) is 11.2 Å². The maximum atomic E-state index is 13.2. The van der Waals surface area contributed by atoms with Crippen LogP contribution in [0.5, 0.6) is 0 Å². The quantitative estimate of drug-likeness (QED) is 0.820. The minimum atomic E-state index is -0.347. The molecule has 138 valence electrons. The molecule has 0 bridgehead atoms. The number of benzene rings is 1. The number of nitrogens with one attached hydrogen (secondary N) is 2. The number of piperidine rings is 1. The van der Waals surface area contributed by atoms with Gasteiger partial charge in [0.05, 0.1) is 19.3 Å². The lowest BCUT2D eigenvalue weighted by Crippen LogP contribution is -2.47. The van der Waals surface area contributed by atoms with Gasteiger partial charge in [-0.05, 0) is 38.1 Å². The summed E-state index contributed by atoms with van der Waals surface area (Å²) in [7, 11) is 1.70. The molecule has 7 heteroatoms. The Hall–Kier alpha value is -1.63. The third-order valence-corrected chi connectivity index (χ3v) is 4.74. The van der Waals surface area contributed by atoms with E-state index in [9.17, 15) is 9.18 Å². The first-order valence-electron chi connectivity index (χ1n) is 8.24. The van der Waals surface area contributed by atoms with Crippen LogP contribution in [0.25, 0.3) is 11.0 Å². The summed E-state index contributed by atoms with van der Waals surface area (Å²) in [5.74, 6) is -0.406. The average Bonchev–Trinajstić information content (AvgIpc) is 2.96. The van der Waals surface area contributed by atoms with Crippen LogP contribution in [0.4, 0.5) is 4.39 Å². The van der Waals surface area contributed by atoms with Gasteiger partial charge < -0.3 is 19.8 Å². The average molecular weight is 371 g/mol. The van der Waals surface area contributed by atoms with E-state index in [1.54, 1.807) is 13.2 Å². The molecule has 1 amide bonds. The molecular weight excluding hydrogens is 347 g/mol. The molecule has 1 aromatic carbocycles. The van der Waals surface area contributed by atoms with Crippen molar-refractivity contribution in [1.29, 1.82) is 0 Å². The van der Waals surface area contributed by atoms with Crippen molar-refractivity contribution in [3.8, 4) is 0 Å². The molecule has 2 heterocycles. The van der Waals surface area contributed by atoms with Gasteiger partial charge in [0.2, 0.25) is 5.91 Å². The number of rotatable bonds is 6. The summed E-state index contributed by atoms with van der Waals surface area (Å²) >= 11 is 0. The molecule has 25 heavy (non-hydrogen) atoms. The number of hydrogen-bond donors (Lipinski definition) is 2. The van der Waals surface area contributed by atoms with Gasteiger partial charge in [-0.2, -0.15) is 0 Å². The maximum absolute atomic E-state index is 13.2. The molecule has 0 saturated carbocycles. The lowest BCUT2D eigenvalue weighted by Gasteiger charge is -2.37. The highest BCUT2D eigenvalue weighted by Crippen LogP contribution is 2.28. The fourth-order valence-corrected chi connectivity index (χ4v) is 3.35. The second-order valence-corrected chi connectivity index (χ2v) is 6.54. The van der Waals surface area contributed by atoms with Crippen LogP contribution in [0.15, 0.2) is 28.9 Å². The monoisotopic (exact) mass is 370 g/mol. The maximum Gasteiger partial charge on any atom is 0.224 e. The van der Waals surface area contributed by atoms with Gasteiger partial charge in [-0.25, -0.2) is 4.39 Å². The number of methoxy groups -OCH3 is 1. The Bertz CT molecular complexity index is 708. The lowest BCUT2D eigenvalue weighted by atomic mass is 9.79. The van der Waals surface area contributed by atoms with Crippen molar-refractivity contribution < 1.29 is 18.3 Å². The van der Waals surface area contributed by atoms with Crippen LogP contribution in [-0.2, 0) is 16.0 Å². The molecular formula is C18H24ClFN2O3. The molecule has 1 aromatic heterocycles. The smallest absolute Gasteiger partial charge is 0.224 e. The Balaban J connectivity index is 0.00000225. The van der Waals surface area contributed by atoms with Crippen LogP contribution in [0.2, 0.25) is 0 Å². The lowest BCUT2D eigenvalue weighted by molar-refractivity contribution is -0.121. The zero-order valence-corrected chi connectivity index (χ0v) is 15.1.